The number of piperazine rings is 1. The first kappa shape index (κ1) is 14.4. The van der Waals surface area contributed by atoms with Gasteiger partial charge in [-0.2, -0.15) is 0 Å². The molecule has 2 aliphatic heterocycles. The van der Waals surface area contributed by atoms with Gasteiger partial charge < -0.3 is 9.64 Å². The summed E-state index contributed by atoms with van der Waals surface area (Å²) < 4.78 is 5.89. The maximum atomic E-state index is 5.89. The number of aromatic nitrogens is 2. The van der Waals surface area contributed by atoms with E-state index in [4.69, 9.17) is 9.72 Å². The number of fused-ring (bicyclic) bond motifs is 1. The second-order valence-corrected chi connectivity index (χ2v) is 6.93. The number of hydrogen-bond acceptors (Lipinski definition) is 5. The summed E-state index contributed by atoms with van der Waals surface area (Å²) >= 11 is 0. The van der Waals surface area contributed by atoms with E-state index in [1.807, 2.05) is 6.20 Å². The molecular formula is C17H26N4O. The van der Waals surface area contributed by atoms with E-state index in [1.54, 1.807) is 0 Å². The smallest absolute Gasteiger partial charge is 0.225 e. The molecule has 0 radical (unpaired) electrons. The first-order valence-corrected chi connectivity index (χ1v) is 8.67. The van der Waals surface area contributed by atoms with Gasteiger partial charge in [-0.25, -0.2) is 9.97 Å². The van der Waals surface area contributed by atoms with E-state index in [-0.39, 0.29) is 0 Å². The second kappa shape index (κ2) is 5.78. The minimum absolute atomic E-state index is 0.503. The molecule has 1 aromatic rings. The average molecular weight is 302 g/mol. The number of nitrogens with zero attached hydrogens (tertiary/aromatic N) is 4. The first-order valence-electron chi connectivity index (χ1n) is 8.67. The topological polar surface area (TPSA) is 41.5 Å². The third kappa shape index (κ3) is 2.61. The fourth-order valence-corrected chi connectivity index (χ4v) is 3.92. The van der Waals surface area contributed by atoms with Crippen molar-refractivity contribution in [3.8, 4) is 0 Å². The van der Waals surface area contributed by atoms with Crippen LogP contribution in [0.4, 0.5) is 5.95 Å². The lowest BCUT2D eigenvalue weighted by Crippen LogP contribution is -2.62. The summed E-state index contributed by atoms with van der Waals surface area (Å²) in [5.74, 6) is 1.78. The Morgan fingerprint density at radius 1 is 1.27 bits per heavy atom. The molecule has 120 valence electrons. The molecule has 0 N–H and O–H groups in total. The molecule has 5 heteroatoms. The molecule has 22 heavy (non-hydrogen) atoms. The molecule has 1 aromatic heterocycles. The van der Waals surface area contributed by atoms with Crippen LogP contribution in [-0.4, -0.2) is 59.8 Å². The van der Waals surface area contributed by atoms with Crippen molar-refractivity contribution in [3.63, 3.8) is 0 Å². The van der Waals surface area contributed by atoms with Crippen molar-refractivity contribution in [1.29, 1.82) is 0 Å². The van der Waals surface area contributed by atoms with Crippen molar-refractivity contribution in [2.24, 2.45) is 5.92 Å². The van der Waals surface area contributed by atoms with Gasteiger partial charge in [-0.1, -0.05) is 6.92 Å². The molecule has 1 aliphatic carbocycles. The Morgan fingerprint density at radius 3 is 2.91 bits per heavy atom. The van der Waals surface area contributed by atoms with Gasteiger partial charge in [0.25, 0.3) is 0 Å². The van der Waals surface area contributed by atoms with Gasteiger partial charge in [0.15, 0.2) is 0 Å². The number of morpholine rings is 1. The monoisotopic (exact) mass is 302 g/mol. The zero-order valence-electron chi connectivity index (χ0n) is 13.7. The van der Waals surface area contributed by atoms with Crippen LogP contribution in [0, 0.1) is 12.8 Å². The summed E-state index contributed by atoms with van der Waals surface area (Å²) in [7, 11) is 0. The predicted molar refractivity (Wildman–Crippen MR) is 86.2 cm³/mol. The molecular weight excluding hydrogens is 276 g/mol. The van der Waals surface area contributed by atoms with E-state index < -0.39 is 0 Å². The van der Waals surface area contributed by atoms with Gasteiger partial charge >= 0.3 is 0 Å². The quantitative estimate of drug-likeness (QED) is 0.849. The predicted octanol–water partition coefficient (Wildman–Crippen LogP) is 1.65. The van der Waals surface area contributed by atoms with Crippen molar-refractivity contribution in [3.05, 3.63) is 17.5 Å². The van der Waals surface area contributed by atoms with E-state index in [0.717, 1.165) is 51.1 Å². The Hall–Kier alpha value is -1.20. The first-order chi connectivity index (χ1) is 10.8. The van der Waals surface area contributed by atoms with Crippen molar-refractivity contribution in [1.82, 2.24) is 14.9 Å². The Labute approximate surface area is 132 Å². The normalized spacial score (nSPS) is 29.5. The van der Waals surface area contributed by atoms with Crippen molar-refractivity contribution < 1.29 is 4.74 Å². The lowest BCUT2D eigenvalue weighted by atomic mass is 10.0. The Morgan fingerprint density at radius 2 is 2.14 bits per heavy atom. The third-order valence-electron chi connectivity index (χ3n) is 5.40. The van der Waals surface area contributed by atoms with Crippen LogP contribution in [0.25, 0.3) is 0 Å². The maximum absolute atomic E-state index is 5.89. The van der Waals surface area contributed by atoms with Crippen LogP contribution in [-0.2, 0) is 11.2 Å². The highest BCUT2D eigenvalue weighted by atomic mass is 16.5. The van der Waals surface area contributed by atoms with Gasteiger partial charge in [0.2, 0.25) is 5.95 Å². The summed E-state index contributed by atoms with van der Waals surface area (Å²) in [6.45, 7) is 9.19. The van der Waals surface area contributed by atoms with E-state index in [9.17, 15) is 0 Å². The molecule has 3 aliphatic rings. The molecule has 3 heterocycles. The van der Waals surface area contributed by atoms with E-state index in [2.05, 4.69) is 28.6 Å². The zero-order chi connectivity index (χ0) is 15.1. The molecule has 3 fully saturated rings. The number of aryl methyl sites for hydroxylation is 2. The van der Waals surface area contributed by atoms with Gasteiger partial charge in [0.1, 0.15) is 0 Å². The largest absolute Gasteiger partial charge is 0.378 e. The van der Waals surface area contributed by atoms with Crippen molar-refractivity contribution in [2.45, 2.75) is 45.2 Å². The van der Waals surface area contributed by atoms with Crippen LogP contribution in [0.5, 0.6) is 0 Å². The zero-order valence-corrected chi connectivity index (χ0v) is 13.7. The van der Waals surface area contributed by atoms with Crippen LogP contribution in [0.3, 0.4) is 0 Å². The van der Waals surface area contributed by atoms with Crippen LogP contribution in [0.2, 0.25) is 0 Å². The average Bonchev–Trinajstić information content (AvgIpc) is 3.39. The number of ether oxygens (including phenoxy) is 1. The molecule has 0 bridgehead atoms. The molecule has 2 atom stereocenters. The summed E-state index contributed by atoms with van der Waals surface area (Å²) in [5, 5.41) is 0. The lowest BCUT2D eigenvalue weighted by molar-refractivity contribution is -0.0604. The Bertz CT molecular complexity index is 545. The molecule has 5 nitrogen and oxygen atoms in total. The van der Waals surface area contributed by atoms with E-state index in [0.29, 0.717) is 12.1 Å². The minimum Gasteiger partial charge on any atom is -0.378 e. The van der Waals surface area contributed by atoms with Gasteiger partial charge in [-0.3, -0.25) is 4.90 Å². The molecule has 4 rings (SSSR count). The molecule has 2 saturated heterocycles. The van der Waals surface area contributed by atoms with Gasteiger partial charge in [0.05, 0.1) is 19.3 Å². The summed E-state index contributed by atoms with van der Waals surface area (Å²) in [5.41, 5.74) is 2.36. The molecule has 1 saturated carbocycles. The lowest BCUT2D eigenvalue weighted by Gasteiger charge is -2.48. The molecule has 0 amide bonds. The fraction of sp³-hybridized carbons (Fsp3) is 0.765. The molecule has 0 aromatic carbocycles. The fourth-order valence-electron chi connectivity index (χ4n) is 3.92. The van der Waals surface area contributed by atoms with Crippen molar-refractivity contribution in [2.75, 3.05) is 37.7 Å². The standard InChI is InChI=1S/C17H26N4O/c1-3-15-12(2)8-18-17(19-15)20-6-7-21-14(9-20)10-22-11-16(21)13-4-5-13/h8,13-14,16H,3-7,9-11H2,1-2H3/t14-,16-/m1/s1. The Kier molecular flexibility index (Phi) is 3.78. The van der Waals surface area contributed by atoms with Gasteiger partial charge in [-0.15, -0.1) is 0 Å². The van der Waals surface area contributed by atoms with Crippen LogP contribution in [0.1, 0.15) is 31.0 Å². The van der Waals surface area contributed by atoms with E-state index in [1.165, 1.54) is 24.1 Å². The van der Waals surface area contributed by atoms with E-state index >= 15 is 0 Å². The summed E-state index contributed by atoms with van der Waals surface area (Å²) in [6.07, 6.45) is 5.72. The highest BCUT2D eigenvalue weighted by Crippen LogP contribution is 2.38. The third-order valence-corrected chi connectivity index (χ3v) is 5.40. The summed E-state index contributed by atoms with van der Waals surface area (Å²) in [4.78, 5) is 14.4. The highest BCUT2D eigenvalue weighted by Gasteiger charge is 2.43. The molecule has 0 unspecified atom stereocenters. The molecule has 0 spiro atoms. The van der Waals surface area contributed by atoms with Gasteiger partial charge in [-0.05, 0) is 37.7 Å². The highest BCUT2D eigenvalue weighted by molar-refractivity contribution is 5.34. The van der Waals surface area contributed by atoms with Crippen LogP contribution in [0.15, 0.2) is 6.20 Å². The number of anilines is 1. The van der Waals surface area contributed by atoms with Crippen LogP contribution >= 0.6 is 0 Å². The Balaban J connectivity index is 1.49. The number of rotatable bonds is 3. The number of hydrogen-bond donors (Lipinski definition) is 0. The minimum atomic E-state index is 0.503. The maximum Gasteiger partial charge on any atom is 0.225 e. The SMILES string of the molecule is CCc1nc(N2CCN3[C@@H](COC[C@@H]3C3CC3)C2)ncc1C. The van der Waals surface area contributed by atoms with Crippen molar-refractivity contribution >= 4 is 5.95 Å². The van der Waals surface area contributed by atoms with Gasteiger partial charge in [0, 0.05) is 37.6 Å². The summed E-state index contributed by atoms with van der Waals surface area (Å²) in [6, 6.07) is 1.16. The van der Waals surface area contributed by atoms with Crippen LogP contribution < -0.4 is 4.90 Å². The second-order valence-electron chi connectivity index (χ2n) is 6.93.